The first-order chi connectivity index (χ1) is 8.65. The normalized spacial score (nSPS) is 10.4. The van der Waals surface area contributed by atoms with E-state index in [0.717, 1.165) is 12.8 Å². The Kier molecular flexibility index (Phi) is 6.40. The van der Waals surface area contributed by atoms with Crippen LogP contribution >= 0.6 is 0 Å². The van der Waals surface area contributed by atoms with Crippen LogP contribution in [0.4, 0.5) is 4.39 Å². The molecule has 1 rings (SSSR count). The molecule has 18 heavy (non-hydrogen) atoms. The first kappa shape index (κ1) is 14.7. The summed E-state index contributed by atoms with van der Waals surface area (Å²) in [6.45, 7) is 4.17. The maximum atomic E-state index is 14.0. The molecule has 0 bridgehead atoms. The van der Waals surface area contributed by atoms with Gasteiger partial charge in [-0.3, -0.25) is 0 Å². The molecule has 0 saturated carbocycles. The Bertz CT molecular complexity index is 388. The molecule has 0 aliphatic heterocycles. The van der Waals surface area contributed by atoms with E-state index < -0.39 is 0 Å². The van der Waals surface area contributed by atoms with E-state index in [0.29, 0.717) is 37.2 Å². The van der Waals surface area contributed by atoms with E-state index >= 15 is 0 Å². The van der Waals surface area contributed by atoms with E-state index in [9.17, 15) is 9.18 Å². The molecule has 100 valence electrons. The minimum absolute atomic E-state index is 0.144. The highest BCUT2D eigenvalue weighted by Crippen LogP contribution is 2.22. The molecule has 0 aliphatic rings. The van der Waals surface area contributed by atoms with Crippen molar-refractivity contribution in [1.82, 2.24) is 0 Å². The number of carbonyl (C=O) groups is 1. The summed E-state index contributed by atoms with van der Waals surface area (Å²) < 4.78 is 19.4. The van der Waals surface area contributed by atoms with Crippen molar-refractivity contribution in [3.05, 3.63) is 29.6 Å². The van der Waals surface area contributed by atoms with Gasteiger partial charge in [-0.1, -0.05) is 25.5 Å². The van der Waals surface area contributed by atoms with Crippen molar-refractivity contribution >= 4 is 5.78 Å². The highest BCUT2D eigenvalue weighted by atomic mass is 19.1. The van der Waals surface area contributed by atoms with Crippen molar-refractivity contribution in [3.63, 3.8) is 0 Å². The minimum atomic E-state index is -0.280. The van der Waals surface area contributed by atoms with Crippen molar-refractivity contribution in [2.24, 2.45) is 0 Å². The molecule has 1 aromatic rings. The van der Waals surface area contributed by atoms with Crippen molar-refractivity contribution in [2.45, 2.75) is 46.0 Å². The molecule has 0 amide bonds. The molecule has 0 atom stereocenters. The topological polar surface area (TPSA) is 26.3 Å². The van der Waals surface area contributed by atoms with Crippen molar-refractivity contribution in [2.75, 3.05) is 6.61 Å². The molecule has 0 radical (unpaired) electrons. The second kappa shape index (κ2) is 7.85. The van der Waals surface area contributed by atoms with E-state index in [1.807, 2.05) is 0 Å². The number of ketones is 1. The fraction of sp³-hybridized carbons (Fsp3) is 0.533. The van der Waals surface area contributed by atoms with Crippen LogP contribution in [0.2, 0.25) is 0 Å². The second-order valence-electron chi connectivity index (χ2n) is 4.49. The third-order valence-corrected chi connectivity index (χ3v) is 2.77. The summed E-state index contributed by atoms with van der Waals surface area (Å²) in [5, 5.41) is 0. The summed E-state index contributed by atoms with van der Waals surface area (Å²) in [7, 11) is 0. The summed E-state index contributed by atoms with van der Waals surface area (Å²) in [5.74, 6) is 0.187. The van der Waals surface area contributed by atoms with E-state index in [2.05, 4.69) is 6.92 Å². The molecule has 0 N–H and O–H groups in total. The first-order valence-electron chi connectivity index (χ1n) is 6.54. The molecule has 0 aromatic heterocycles. The van der Waals surface area contributed by atoms with Gasteiger partial charge in [0, 0.05) is 6.42 Å². The third kappa shape index (κ3) is 4.86. The molecule has 2 nitrogen and oxygen atoms in total. The SMILES string of the molecule is CCCCOc1cccc(CCCC(C)=O)c1F. The summed E-state index contributed by atoms with van der Waals surface area (Å²) in [5.41, 5.74) is 0.630. The van der Waals surface area contributed by atoms with Crippen LogP contribution in [-0.4, -0.2) is 12.4 Å². The van der Waals surface area contributed by atoms with Crippen LogP contribution < -0.4 is 4.74 Å². The molecule has 0 aliphatic carbocycles. The number of hydrogen-bond acceptors (Lipinski definition) is 2. The summed E-state index contributed by atoms with van der Waals surface area (Å²) in [6, 6.07) is 5.20. The van der Waals surface area contributed by atoms with Gasteiger partial charge in [0.25, 0.3) is 0 Å². The van der Waals surface area contributed by atoms with Crippen LogP contribution in [0.25, 0.3) is 0 Å². The van der Waals surface area contributed by atoms with Crippen LogP contribution in [0.1, 0.15) is 45.1 Å². The Morgan fingerprint density at radius 3 is 2.78 bits per heavy atom. The van der Waals surface area contributed by atoms with Crippen LogP contribution in [-0.2, 0) is 11.2 Å². The lowest BCUT2D eigenvalue weighted by Crippen LogP contribution is -2.01. The zero-order valence-corrected chi connectivity index (χ0v) is 11.2. The summed E-state index contributed by atoms with van der Waals surface area (Å²) >= 11 is 0. The monoisotopic (exact) mass is 252 g/mol. The van der Waals surface area contributed by atoms with Gasteiger partial charge in [0.05, 0.1) is 6.61 Å². The van der Waals surface area contributed by atoms with Gasteiger partial charge in [0.2, 0.25) is 0 Å². The maximum Gasteiger partial charge on any atom is 0.168 e. The smallest absolute Gasteiger partial charge is 0.168 e. The van der Waals surface area contributed by atoms with Gasteiger partial charge in [-0.25, -0.2) is 4.39 Å². The molecular weight excluding hydrogens is 231 g/mol. The number of halogens is 1. The Labute approximate surface area is 108 Å². The number of carbonyl (C=O) groups excluding carboxylic acids is 1. The Morgan fingerprint density at radius 1 is 1.33 bits per heavy atom. The van der Waals surface area contributed by atoms with Crippen molar-refractivity contribution < 1.29 is 13.9 Å². The first-order valence-corrected chi connectivity index (χ1v) is 6.54. The standard InChI is InChI=1S/C15H21FO2/c1-3-4-11-18-14-10-6-9-13(15(14)16)8-5-7-12(2)17/h6,9-10H,3-5,7-8,11H2,1-2H3. The van der Waals surface area contributed by atoms with Gasteiger partial charge in [-0.15, -0.1) is 0 Å². The third-order valence-electron chi connectivity index (χ3n) is 2.77. The zero-order chi connectivity index (χ0) is 13.4. The highest BCUT2D eigenvalue weighted by molar-refractivity contribution is 5.75. The van der Waals surface area contributed by atoms with E-state index in [-0.39, 0.29) is 11.6 Å². The number of rotatable bonds is 8. The second-order valence-corrected chi connectivity index (χ2v) is 4.49. The lowest BCUT2D eigenvalue weighted by molar-refractivity contribution is -0.117. The van der Waals surface area contributed by atoms with Crippen molar-refractivity contribution in [3.8, 4) is 5.75 Å². The number of Topliss-reactive ketones (excluding diaryl/α,β-unsaturated/α-hetero) is 1. The van der Waals surface area contributed by atoms with Crippen LogP contribution in [0.15, 0.2) is 18.2 Å². The Hall–Kier alpha value is -1.38. The fourth-order valence-electron chi connectivity index (χ4n) is 1.72. The average Bonchev–Trinajstić information content (AvgIpc) is 2.33. The molecule has 0 unspecified atom stereocenters. The number of hydrogen-bond donors (Lipinski definition) is 0. The number of ether oxygens (including phenoxy) is 1. The van der Waals surface area contributed by atoms with Crippen LogP contribution in [0.5, 0.6) is 5.75 Å². The van der Waals surface area contributed by atoms with E-state index in [1.54, 1.807) is 25.1 Å². The molecule has 0 saturated heterocycles. The minimum Gasteiger partial charge on any atom is -0.491 e. The average molecular weight is 252 g/mol. The largest absolute Gasteiger partial charge is 0.491 e. The van der Waals surface area contributed by atoms with Gasteiger partial charge in [0.15, 0.2) is 11.6 Å². The predicted octanol–water partition coefficient (Wildman–Crippen LogP) is 3.92. The lowest BCUT2D eigenvalue weighted by atomic mass is 10.1. The van der Waals surface area contributed by atoms with E-state index in [4.69, 9.17) is 4.74 Å². The maximum absolute atomic E-state index is 14.0. The van der Waals surface area contributed by atoms with E-state index in [1.165, 1.54) is 0 Å². The zero-order valence-electron chi connectivity index (χ0n) is 11.2. The van der Waals surface area contributed by atoms with Gasteiger partial charge in [0.1, 0.15) is 5.78 Å². The Balaban J connectivity index is 2.57. The predicted molar refractivity (Wildman–Crippen MR) is 70.4 cm³/mol. The molecule has 0 fully saturated rings. The number of unbranched alkanes of at least 4 members (excludes halogenated alkanes) is 1. The molecular formula is C15H21FO2. The van der Waals surface area contributed by atoms with Gasteiger partial charge < -0.3 is 9.53 Å². The molecule has 1 aromatic carbocycles. The quantitative estimate of drug-likeness (QED) is 0.655. The van der Waals surface area contributed by atoms with Gasteiger partial charge in [-0.2, -0.15) is 0 Å². The highest BCUT2D eigenvalue weighted by Gasteiger charge is 2.09. The molecule has 3 heteroatoms. The fourth-order valence-corrected chi connectivity index (χ4v) is 1.72. The summed E-state index contributed by atoms with van der Waals surface area (Å²) in [6.07, 6.45) is 3.72. The summed E-state index contributed by atoms with van der Waals surface area (Å²) in [4.78, 5) is 10.8. The van der Waals surface area contributed by atoms with Gasteiger partial charge in [-0.05, 0) is 37.8 Å². The van der Waals surface area contributed by atoms with Crippen molar-refractivity contribution in [1.29, 1.82) is 0 Å². The van der Waals surface area contributed by atoms with Crippen LogP contribution in [0.3, 0.4) is 0 Å². The number of benzene rings is 1. The Morgan fingerprint density at radius 2 is 2.11 bits per heavy atom. The number of aryl methyl sites for hydroxylation is 1. The van der Waals surface area contributed by atoms with Crippen LogP contribution in [0, 0.1) is 5.82 Å². The lowest BCUT2D eigenvalue weighted by Gasteiger charge is -2.09. The van der Waals surface area contributed by atoms with Gasteiger partial charge >= 0.3 is 0 Å². The molecule has 0 heterocycles. The molecule has 0 spiro atoms.